The smallest absolute Gasteiger partial charge is 0.265 e. The van der Waals surface area contributed by atoms with E-state index < -0.39 is 46.6 Å². The van der Waals surface area contributed by atoms with Gasteiger partial charge in [0.25, 0.3) is 5.88 Å². The summed E-state index contributed by atoms with van der Waals surface area (Å²) in [6.07, 6.45) is 0.649. The molecular formula is C43H46FN3O7. The summed E-state index contributed by atoms with van der Waals surface area (Å²) in [4.78, 5) is 33.5. The van der Waals surface area contributed by atoms with E-state index in [1.54, 1.807) is 19.0 Å². The number of allylic oxidation sites excluding steroid dienone is 1. The van der Waals surface area contributed by atoms with Crippen LogP contribution in [-0.4, -0.2) is 69.5 Å². The Morgan fingerprint density at radius 2 is 1.61 bits per heavy atom. The number of carbonyl (C=O) groups is 2. The lowest BCUT2D eigenvalue weighted by atomic mass is 9.58. The first-order valence-electron chi connectivity index (χ1n) is 18.6. The zero-order chi connectivity index (χ0) is 38.1. The highest BCUT2D eigenvalue weighted by atomic mass is 19.1. The van der Waals surface area contributed by atoms with Gasteiger partial charge in [-0.25, -0.2) is 4.39 Å². The molecule has 2 N–H and O–H groups in total. The van der Waals surface area contributed by atoms with Crippen molar-refractivity contribution < 1.29 is 38.2 Å². The maximum absolute atomic E-state index is 16.9. The third-order valence-electron chi connectivity index (χ3n) is 11.4. The largest absolute Gasteiger partial charge is 0.508 e. The zero-order valence-electron chi connectivity index (χ0n) is 31.3. The van der Waals surface area contributed by atoms with Crippen LogP contribution in [0.25, 0.3) is 0 Å². The SMILES string of the molecule is CN(C)[C@@H]1c2onc(OCc3ccccc3)c2C(=O)[C@@]2(O)C(O)=C3C(=O)c4c(c(F)c5c(c4OCc4ccccc4)CN(CC(C)(C)C)CC5)C[C@H]3C[C@@H]12. The van der Waals surface area contributed by atoms with Gasteiger partial charge in [-0.15, -0.1) is 0 Å². The van der Waals surface area contributed by atoms with Crippen molar-refractivity contribution in [3.8, 4) is 11.6 Å². The van der Waals surface area contributed by atoms with Gasteiger partial charge in [0.1, 0.15) is 36.1 Å². The average molecular weight is 736 g/mol. The molecule has 4 aliphatic rings. The fourth-order valence-electron chi connectivity index (χ4n) is 9.13. The predicted molar refractivity (Wildman–Crippen MR) is 198 cm³/mol. The third kappa shape index (κ3) is 5.93. The number of ketones is 2. The minimum Gasteiger partial charge on any atom is -0.508 e. The van der Waals surface area contributed by atoms with Crippen LogP contribution >= 0.6 is 0 Å². The molecular weight excluding hydrogens is 689 g/mol. The van der Waals surface area contributed by atoms with Crippen LogP contribution in [0.1, 0.15) is 87.5 Å². The normalized spacial score (nSPS) is 23.7. The Balaban J connectivity index is 1.24. The Morgan fingerprint density at radius 3 is 2.24 bits per heavy atom. The molecule has 0 saturated heterocycles. The molecule has 0 unspecified atom stereocenters. The summed E-state index contributed by atoms with van der Waals surface area (Å²) in [7, 11) is 3.56. The van der Waals surface area contributed by atoms with E-state index in [9.17, 15) is 19.8 Å². The summed E-state index contributed by atoms with van der Waals surface area (Å²) in [5.41, 5.74) is 0.477. The number of rotatable bonds is 8. The van der Waals surface area contributed by atoms with Crippen LogP contribution in [-0.2, 0) is 32.6 Å². The fourth-order valence-corrected chi connectivity index (χ4v) is 9.13. The quantitative estimate of drug-likeness (QED) is 0.200. The Kier molecular flexibility index (Phi) is 9.02. The number of ether oxygens (including phenoxy) is 2. The summed E-state index contributed by atoms with van der Waals surface area (Å²) >= 11 is 0. The van der Waals surface area contributed by atoms with E-state index in [0.29, 0.717) is 36.4 Å². The maximum atomic E-state index is 16.9. The van der Waals surface area contributed by atoms with Gasteiger partial charge in [0.2, 0.25) is 5.78 Å². The van der Waals surface area contributed by atoms with Gasteiger partial charge in [0.05, 0.1) is 11.6 Å². The zero-order valence-corrected chi connectivity index (χ0v) is 31.3. The van der Waals surface area contributed by atoms with E-state index in [1.807, 2.05) is 60.7 Å². The summed E-state index contributed by atoms with van der Waals surface area (Å²) in [5, 5.41) is 28.9. The fraction of sp³-hybridized carbons (Fsp3) is 0.419. The second kappa shape index (κ2) is 13.5. The second-order valence-electron chi connectivity index (χ2n) is 16.6. The lowest BCUT2D eigenvalue weighted by Crippen LogP contribution is -2.59. The van der Waals surface area contributed by atoms with Crippen molar-refractivity contribution in [3.63, 3.8) is 0 Å². The highest BCUT2D eigenvalue weighted by Crippen LogP contribution is 2.57. The molecule has 0 saturated carbocycles. The van der Waals surface area contributed by atoms with Gasteiger partial charge in [0, 0.05) is 42.3 Å². The van der Waals surface area contributed by atoms with E-state index in [4.69, 9.17) is 14.0 Å². The van der Waals surface area contributed by atoms with Gasteiger partial charge < -0.3 is 24.2 Å². The number of nitrogens with zero attached hydrogens (tertiary/aromatic N) is 3. The number of Topliss-reactive ketones (excluding diaryl/α,β-unsaturated/α-hetero) is 2. The van der Waals surface area contributed by atoms with Crippen LogP contribution in [0.15, 0.2) is 76.5 Å². The van der Waals surface area contributed by atoms with Crippen LogP contribution in [0.3, 0.4) is 0 Å². The van der Waals surface area contributed by atoms with Crippen LogP contribution in [0.4, 0.5) is 4.39 Å². The van der Waals surface area contributed by atoms with Crippen molar-refractivity contribution in [1.82, 2.24) is 15.0 Å². The minimum absolute atomic E-state index is 0.0170. The first kappa shape index (κ1) is 36.2. The molecule has 4 atom stereocenters. The number of benzene rings is 3. The standard InChI is InChI=1S/C43H46FN3O7/c1-42(2,3)23-47-17-16-27-29(20-47)37(52-21-24-12-8-6-9-13-24)32-28(34(27)44)18-26-19-30-35(46(4)5)38-33(40(50)43(30,51)39(49)31(26)36(32)48)41(45-54-38)53-22-25-14-10-7-11-15-25/h6-15,26,30,35,49,51H,16-23H2,1-5H3/t26-,30-,35-,43-/m0/s1. The summed E-state index contributed by atoms with van der Waals surface area (Å²) in [5.74, 6) is -3.88. The topological polar surface area (TPSA) is 126 Å². The molecule has 1 aliphatic heterocycles. The Labute approximate surface area is 314 Å². The molecule has 282 valence electrons. The lowest BCUT2D eigenvalue weighted by Gasteiger charge is -2.49. The molecule has 10 nitrogen and oxygen atoms in total. The first-order valence-corrected chi connectivity index (χ1v) is 18.6. The molecule has 54 heavy (non-hydrogen) atoms. The monoisotopic (exact) mass is 735 g/mol. The molecule has 0 fully saturated rings. The number of aromatic nitrogens is 1. The van der Waals surface area contributed by atoms with Crippen LogP contribution in [0.5, 0.6) is 11.6 Å². The molecule has 0 amide bonds. The molecule has 3 aromatic carbocycles. The first-order chi connectivity index (χ1) is 25.8. The van der Waals surface area contributed by atoms with Crippen LogP contribution < -0.4 is 9.47 Å². The molecule has 1 aromatic heterocycles. The van der Waals surface area contributed by atoms with Crippen LogP contribution in [0, 0.1) is 23.1 Å². The summed E-state index contributed by atoms with van der Waals surface area (Å²) in [6.45, 7) is 8.49. The molecule has 2 heterocycles. The molecule has 3 aliphatic carbocycles. The van der Waals surface area contributed by atoms with Gasteiger partial charge in [-0.3, -0.25) is 19.4 Å². The van der Waals surface area contributed by atoms with Crippen molar-refractivity contribution in [3.05, 3.63) is 123 Å². The van der Waals surface area contributed by atoms with Crippen molar-refractivity contribution >= 4 is 11.6 Å². The number of aliphatic hydroxyl groups is 2. The van der Waals surface area contributed by atoms with E-state index in [0.717, 1.165) is 17.7 Å². The average Bonchev–Trinajstić information content (AvgIpc) is 3.56. The van der Waals surface area contributed by atoms with E-state index in [2.05, 4.69) is 30.8 Å². The van der Waals surface area contributed by atoms with Crippen molar-refractivity contribution in [2.45, 2.75) is 71.4 Å². The number of carbonyl (C=O) groups excluding carboxylic acids is 2. The highest BCUT2D eigenvalue weighted by molar-refractivity contribution is 6.16. The maximum Gasteiger partial charge on any atom is 0.265 e. The summed E-state index contributed by atoms with van der Waals surface area (Å²) < 4.78 is 35.2. The Hall–Kier alpha value is -4.84. The second-order valence-corrected chi connectivity index (χ2v) is 16.6. The molecule has 11 heteroatoms. The molecule has 0 radical (unpaired) electrons. The lowest BCUT2D eigenvalue weighted by molar-refractivity contribution is -0.0560. The van der Waals surface area contributed by atoms with E-state index in [-0.39, 0.29) is 65.4 Å². The van der Waals surface area contributed by atoms with Gasteiger partial charge in [-0.05, 0) is 66.5 Å². The van der Waals surface area contributed by atoms with Gasteiger partial charge in [-0.2, -0.15) is 0 Å². The molecule has 0 bridgehead atoms. The van der Waals surface area contributed by atoms with Gasteiger partial charge >= 0.3 is 0 Å². The number of aliphatic hydroxyl groups excluding tert-OH is 1. The van der Waals surface area contributed by atoms with Crippen molar-refractivity contribution in [2.24, 2.45) is 17.3 Å². The van der Waals surface area contributed by atoms with E-state index >= 15 is 4.39 Å². The predicted octanol–water partition coefficient (Wildman–Crippen LogP) is 6.79. The van der Waals surface area contributed by atoms with Gasteiger partial charge in [0.15, 0.2) is 17.1 Å². The number of halogens is 1. The van der Waals surface area contributed by atoms with Gasteiger partial charge in [-0.1, -0.05) is 81.4 Å². The minimum atomic E-state index is -2.50. The number of fused-ring (bicyclic) bond motifs is 5. The summed E-state index contributed by atoms with van der Waals surface area (Å²) in [6, 6.07) is 18.2. The Bertz CT molecular complexity index is 2160. The highest BCUT2D eigenvalue weighted by Gasteiger charge is 2.64. The number of hydrogen-bond acceptors (Lipinski definition) is 10. The van der Waals surface area contributed by atoms with Crippen molar-refractivity contribution in [2.75, 3.05) is 27.2 Å². The molecule has 8 rings (SSSR count). The molecule has 0 spiro atoms. The number of hydrogen-bond donors (Lipinski definition) is 2. The molecule has 4 aromatic rings. The van der Waals surface area contributed by atoms with Crippen molar-refractivity contribution in [1.29, 1.82) is 0 Å². The Morgan fingerprint density at radius 1 is 0.963 bits per heavy atom. The van der Waals surface area contributed by atoms with Crippen LogP contribution in [0.2, 0.25) is 0 Å². The third-order valence-corrected chi connectivity index (χ3v) is 11.4. The van der Waals surface area contributed by atoms with E-state index in [1.165, 1.54) is 0 Å².